The van der Waals surface area contributed by atoms with Gasteiger partial charge in [0.05, 0.1) is 23.8 Å². The van der Waals surface area contributed by atoms with E-state index in [1.54, 1.807) is 35.2 Å². The van der Waals surface area contributed by atoms with E-state index in [2.05, 4.69) is 0 Å². The first-order valence-electron chi connectivity index (χ1n) is 10.0. The van der Waals surface area contributed by atoms with Gasteiger partial charge in [-0.2, -0.15) is 0 Å². The van der Waals surface area contributed by atoms with Crippen molar-refractivity contribution in [3.63, 3.8) is 0 Å². The third-order valence-corrected chi connectivity index (χ3v) is 5.86. The van der Waals surface area contributed by atoms with Crippen LogP contribution in [0.3, 0.4) is 0 Å². The number of allylic oxidation sites excluding steroid dienone is 3. The van der Waals surface area contributed by atoms with Gasteiger partial charge in [-0.15, -0.1) is 0 Å². The summed E-state index contributed by atoms with van der Waals surface area (Å²) in [5.74, 6) is -0.814. The lowest BCUT2D eigenvalue weighted by atomic mass is 9.76. The Balaban J connectivity index is 1.53. The fourth-order valence-corrected chi connectivity index (χ4v) is 4.22. The summed E-state index contributed by atoms with van der Waals surface area (Å²) < 4.78 is 26.4. The number of halogens is 2. The van der Waals surface area contributed by atoms with E-state index in [0.29, 0.717) is 42.7 Å². The highest BCUT2D eigenvalue weighted by Gasteiger charge is 2.49. The first-order chi connectivity index (χ1) is 14.4. The number of rotatable bonds is 6. The molecule has 2 aliphatic rings. The Morgan fingerprint density at radius 1 is 0.967 bits per heavy atom. The number of amides is 1. The molecule has 2 N–H and O–H groups in total. The van der Waals surface area contributed by atoms with Crippen LogP contribution in [0.5, 0.6) is 0 Å². The summed E-state index contributed by atoms with van der Waals surface area (Å²) in [6, 6.07) is 11.3. The monoisotopic (exact) mass is 411 g/mol. The molecule has 1 amide bonds. The zero-order valence-electron chi connectivity index (χ0n) is 16.3. The molecule has 30 heavy (non-hydrogen) atoms. The van der Waals surface area contributed by atoms with E-state index in [4.69, 9.17) is 0 Å². The summed E-state index contributed by atoms with van der Waals surface area (Å²) in [7, 11) is 0. The molecule has 1 fully saturated rings. The van der Waals surface area contributed by atoms with Crippen molar-refractivity contribution in [3.8, 4) is 0 Å². The minimum atomic E-state index is -0.789. The maximum absolute atomic E-state index is 13.3. The highest BCUT2D eigenvalue weighted by molar-refractivity contribution is 6.04. The Morgan fingerprint density at radius 3 is 2.20 bits per heavy atom. The second-order valence-electron chi connectivity index (χ2n) is 7.78. The van der Waals surface area contributed by atoms with Crippen LogP contribution in [-0.4, -0.2) is 22.2 Å². The van der Waals surface area contributed by atoms with E-state index in [0.717, 1.165) is 5.57 Å². The molecule has 2 aromatic rings. The van der Waals surface area contributed by atoms with E-state index < -0.39 is 6.10 Å². The molecular weight excluding hydrogens is 388 g/mol. The van der Waals surface area contributed by atoms with Crippen LogP contribution < -0.4 is 4.90 Å². The summed E-state index contributed by atoms with van der Waals surface area (Å²) in [5, 5.41) is 20.2. The molecule has 2 aromatic carbocycles. The summed E-state index contributed by atoms with van der Waals surface area (Å²) in [4.78, 5) is 14.6. The number of benzene rings is 2. The van der Waals surface area contributed by atoms with Crippen molar-refractivity contribution in [1.82, 2.24) is 0 Å². The Labute approximate surface area is 173 Å². The molecule has 156 valence electrons. The third-order valence-electron chi connectivity index (χ3n) is 5.86. The summed E-state index contributed by atoms with van der Waals surface area (Å²) in [6.45, 7) is 0. The van der Waals surface area contributed by atoms with Gasteiger partial charge in [0.1, 0.15) is 11.6 Å². The Kier molecular flexibility index (Phi) is 5.68. The molecule has 3 atom stereocenters. The van der Waals surface area contributed by atoms with Gasteiger partial charge in [0.25, 0.3) is 0 Å². The van der Waals surface area contributed by atoms with Crippen LogP contribution in [0.1, 0.15) is 37.4 Å². The molecule has 0 spiro atoms. The number of aliphatic hydroxyl groups is 2. The van der Waals surface area contributed by atoms with Crippen molar-refractivity contribution in [1.29, 1.82) is 0 Å². The molecule has 0 aromatic heterocycles. The lowest BCUT2D eigenvalue weighted by molar-refractivity contribution is -0.129. The van der Waals surface area contributed by atoms with E-state index in [1.165, 1.54) is 24.3 Å². The van der Waals surface area contributed by atoms with Crippen LogP contribution in [0, 0.1) is 17.6 Å². The molecule has 1 aliphatic heterocycles. The van der Waals surface area contributed by atoms with Gasteiger partial charge in [0, 0.05) is 12.1 Å². The topological polar surface area (TPSA) is 60.8 Å². The van der Waals surface area contributed by atoms with Crippen molar-refractivity contribution in [2.24, 2.45) is 5.92 Å². The molecule has 0 bridgehead atoms. The van der Waals surface area contributed by atoms with Crippen LogP contribution in [0.25, 0.3) is 0 Å². The summed E-state index contributed by atoms with van der Waals surface area (Å²) >= 11 is 0. The highest BCUT2D eigenvalue weighted by Crippen LogP contribution is 2.42. The maximum Gasteiger partial charge on any atom is 0.233 e. The van der Waals surface area contributed by atoms with Crippen LogP contribution >= 0.6 is 0 Å². The molecule has 6 heteroatoms. The fourth-order valence-electron chi connectivity index (χ4n) is 4.22. The third kappa shape index (κ3) is 4.00. The molecule has 4 rings (SSSR count). The molecule has 1 saturated heterocycles. The van der Waals surface area contributed by atoms with Crippen molar-refractivity contribution in [3.05, 3.63) is 89.2 Å². The predicted molar refractivity (Wildman–Crippen MR) is 110 cm³/mol. The number of anilines is 1. The van der Waals surface area contributed by atoms with Crippen molar-refractivity contribution >= 4 is 11.6 Å². The van der Waals surface area contributed by atoms with Gasteiger partial charge in [0.15, 0.2) is 0 Å². The van der Waals surface area contributed by atoms with Gasteiger partial charge in [-0.1, -0.05) is 18.2 Å². The zero-order valence-corrected chi connectivity index (χ0v) is 16.3. The van der Waals surface area contributed by atoms with Gasteiger partial charge >= 0.3 is 0 Å². The summed E-state index contributed by atoms with van der Waals surface area (Å²) in [6.07, 6.45) is 4.68. The Morgan fingerprint density at radius 2 is 1.60 bits per heavy atom. The van der Waals surface area contributed by atoms with Gasteiger partial charge < -0.3 is 15.1 Å². The minimum Gasteiger partial charge on any atom is -0.512 e. The number of nitrogens with zero attached hydrogens (tertiary/aromatic N) is 1. The predicted octanol–water partition coefficient (Wildman–Crippen LogP) is 4.97. The van der Waals surface area contributed by atoms with Crippen LogP contribution in [0.4, 0.5) is 14.5 Å². The molecular formula is C24H23F2NO3. The maximum atomic E-state index is 13.3. The highest BCUT2D eigenvalue weighted by atomic mass is 19.1. The van der Waals surface area contributed by atoms with Crippen molar-refractivity contribution < 1.29 is 23.8 Å². The van der Waals surface area contributed by atoms with Crippen LogP contribution in [0.15, 0.2) is 72.0 Å². The number of aliphatic hydroxyl groups excluding tert-OH is 2. The Hall–Kier alpha value is -2.99. The molecule has 0 unspecified atom stereocenters. The zero-order chi connectivity index (χ0) is 21.3. The number of hydrogen-bond donors (Lipinski definition) is 2. The second-order valence-corrected chi connectivity index (χ2v) is 7.78. The standard InChI is InChI=1S/C24H23F2NO3/c25-17-5-1-15(2-6-17)22(29)14-13-21-23(16-3-11-20(28)12-4-16)27(24(21)30)19-9-7-18(26)8-10-19/h1-3,5-11,21-23,28-29H,4,12-14H2/t21-,22+,23-/m1/s1. The Bertz CT molecular complexity index is 983. The number of carbonyl (C=O) groups is 1. The van der Waals surface area contributed by atoms with Gasteiger partial charge in [-0.25, -0.2) is 8.78 Å². The van der Waals surface area contributed by atoms with Crippen molar-refractivity contribution in [2.75, 3.05) is 4.90 Å². The van der Waals surface area contributed by atoms with Gasteiger partial charge in [0.2, 0.25) is 5.91 Å². The lowest BCUT2D eigenvalue weighted by Gasteiger charge is -2.49. The number of β-lactam (4-membered cyclic amide) rings is 1. The molecule has 1 aliphatic carbocycles. The fraction of sp³-hybridized carbons (Fsp3) is 0.292. The van der Waals surface area contributed by atoms with Crippen molar-refractivity contribution in [2.45, 2.75) is 37.8 Å². The minimum absolute atomic E-state index is 0.0717. The largest absolute Gasteiger partial charge is 0.512 e. The lowest BCUT2D eigenvalue weighted by Crippen LogP contribution is -2.62. The first-order valence-corrected chi connectivity index (χ1v) is 10.0. The van der Waals surface area contributed by atoms with Gasteiger partial charge in [-0.3, -0.25) is 4.79 Å². The second kappa shape index (κ2) is 8.40. The number of hydrogen-bond acceptors (Lipinski definition) is 3. The normalized spacial score (nSPS) is 22.2. The summed E-state index contributed by atoms with van der Waals surface area (Å²) in [5.41, 5.74) is 2.26. The SMILES string of the molecule is O=C1[C@H](CC[C@H](O)c2ccc(F)cc2)[C@@H](C2=CC=C(O)CC2)N1c1ccc(F)cc1. The number of carbonyl (C=O) groups excluding carboxylic acids is 1. The molecule has 0 saturated carbocycles. The van der Waals surface area contributed by atoms with Crippen LogP contribution in [0.2, 0.25) is 0 Å². The average Bonchev–Trinajstić information content (AvgIpc) is 2.74. The quantitative estimate of drug-likeness (QED) is 0.660. The van der Waals surface area contributed by atoms with E-state index in [-0.39, 0.29) is 29.5 Å². The first kappa shape index (κ1) is 20.3. The van der Waals surface area contributed by atoms with E-state index in [9.17, 15) is 23.8 Å². The molecule has 4 nitrogen and oxygen atoms in total. The van der Waals surface area contributed by atoms with Crippen LogP contribution in [-0.2, 0) is 4.79 Å². The molecule has 1 heterocycles. The van der Waals surface area contributed by atoms with Gasteiger partial charge in [-0.05, 0) is 72.9 Å². The van der Waals surface area contributed by atoms with E-state index >= 15 is 0 Å². The smallest absolute Gasteiger partial charge is 0.233 e. The van der Waals surface area contributed by atoms with E-state index in [1.807, 2.05) is 6.08 Å². The molecule has 0 radical (unpaired) electrons. The average molecular weight is 411 g/mol.